The van der Waals surface area contributed by atoms with Gasteiger partial charge in [0.15, 0.2) is 0 Å². The van der Waals surface area contributed by atoms with Gasteiger partial charge in [-0.3, -0.25) is 0 Å². The average Bonchev–Trinajstić information content (AvgIpc) is 2.40. The van der Waals surface area contributed by atoms with Crippen LogP contribution in [-0.2, 0) is 0 Å². The van der Waals surface area contributed by atoms with Crippen molar-refractivity contribution in [1.29, 1.82) is 0 Å². The van der Waals surface area contributed by atoms with E-state index >= 15 is 0 Å². The van der Waals surface area contributed by atoms with Crippen LogP contribution in [0.15, 0.2) is 0 Å². The summed E-state index contributed by atoms with van der Waals surface area (Å²) in [5.74, 6) is 0. The van der Waals surface area contributed by atoms with E-state index in [1.165, 1.54) is 19.3 Å². The first-order chi connectivity index (χ1) is 3.33. The molecule has 2 aliphatic rings. The first kappa shape index (κ1) is 3.90. The van der Waals surface area contributed by atoms with Crippen molar-refractivity contribution in [2.75, 3.05) is 0 Å². The molecule has 0 saturated heterocycles. The third-order valence-corrected chi connectivity index (χ3v) is 2.51. The summed E-state index contributed by atoms with van der Waals surface area (Å²) in [6, 6.07) is 0. The highest BCUT2D eigenvalue weighted by Gasteiger charge is 2.54. The maximum atomic E-state index is 9.04. The Morgan fingerprint density at radius 3 is 2.00 bits per heavy atom. The number of hydrogen-bond donors (Lipinski definition) is 1. The summed E-state index contributed by atoms with van der Waals surface area (Å²) in [7, 11) is 0. The molecule has 7 heavy (non-hydrogen) atoms. The molecular formula is C6H10O. The highest BCUT2D eigenvalue weighted by Crippen LogP contribution is 2.60. The lowest BCUT2D eigenvalue weighted by Crippen LogP contribution is -2.32. The first-order valence-electron chi connectivity index (χ1n) is 3.02. The molecule has 0 aromatic carbocycles. The van der Waals surface area contributed by atoms with Crippen molar-refractivity contribution in [1.82, 2.24) is 0 Å². The second-order valence-electron chi connectivity index (χ2n) is 2.92. The van der Waals surface area contributed by atoms with E-state index in [1.54, 1.807) is 0 Å². The Labute approximate surface area is 43.3 Å². The molecule has 2 aliphatic carbocycles. The summed E-state index contributed by atoms with van der Waals surface area (Å²) < 4.78 is 0. The van der Waals surface area contributed by atoms with E-state index in [-0.39, 0.29) is 6.10 Å². The van der Waals surface area contributed by atoms with Gasteiger partial charge in [0.25, 0.3) is 0 Å². The van der Waals surface area contributed by atoms with Crippen LogP contribution in [0.2, 0.25) is 0 Å². The lowest BCUT2D eigenvalue weighted by Gasteiger charge is -2.32. The summed E-state index contributed by atoms with van der Waals surface area (Å²) in [5, 5.41) is 9.04. The Hall–Kier alpha value is -0.0400. The molecule has 2 saturated carbocycles. The van der Waals surface area contributed by atoms with Crippen LogP contribution in [0.25, 0.3) is 0 Å². The SMILES string of the molecule is O[C@H]1CCC12CC2. The van der Waals surface area contributed by atoms with Gasteiger partial charge in [-0.25, -0.2) is 0 Å². The molecule has 2 fully saturated rings. The minimum absolute atomic E-state index is 0.0903. The quantitative estimate of drug-likeness (QED) is 0.477. The Morgan fingerprint density at radius 2 is 2.00 bits per heavy atom. The van der Waals surface area contributed by atoms with E-state index < -0.39 is 0 Å². The topological polar surface area (TPSA) is 20.2 Å². The molecule has 40 valence electrons. The van der Waals surface area contributed by atoms with Gasteiger partial charge in [-0.15, -0.1) is 0 Å². The Morgan fingerprint density at radius 1 is 1.29 bits per heavy atom. The van der Waals surface area contributed by atoms with Crippen LogP contribution in [0.5, 0.6) is 0 Å². The van der Waals surface area contributed by atoms with Gasteiger partial charge in [0, 0.05) is 0 Å². The van der Waals surface area contributed by atoms with Gasteiger partial charge in [-0.2, -0.15) is 0 Å². The molecule has 0 aromatic heterocycles. The average molecular weight is 98.1 g/mol. The summed E-state index contributed by atoms with van der Waals surface area (Å²) in [5.41, 5.74) is 0.486. The Bertz CT molecular complexity index is 94.4. The van der Waals surface area contributed by atoms with Gasteiger partial charge in [0.05, 0.1) is 6.10 Å². The zero-order valence-electron chi connectivity index (χ0n) is 4.35. The van der Waals surface area contributed by atoms with E-state index in [1.807, 2.05) is 0 Å². The molecule has 2 rings (SSSR count). The molecule has 0 heterocycles. The molecule has 1 atom stereocenters. The van der Waals surface area contributed by atoms with Gasteiger partial charge in [-0.1, -0.05) is 0 Å². The van der Waals surface area contributed by atoms with Crippen molar-refractivity contribution in [3.05, 3.63) is 0 Å². The standard InChI is InChI=1S/C6H10O/c7-5-1-2-6(5)3-4-6/h5,7H,1-4H2/t5-/m0/s1. The third-order valence-electron chi connectivity index (χ3n) is 2.51. The number of hydrogen-bond acceptors (Lipinski definition) is 1. The molecule has 0 aromatic rings. The monoisotopic (exact) mass is 98.1 g/mol. The minimum Gasteiger partial charge on any atom is -0.393 e. The maximum absolute atomic E-state index is 9.04. The molecule has 0 bridgehead atoms. The van der Waals surface area contributed by atoms with Crippen molar-refractivity contribution in [3.8, 4) is 0 Å². The van der Waals surface area contributed by atoms with Crippen molar-refractivity contribution in [2.45, 2.75) is 31.8 Å². The molecule has 0 unspecified atom stereocenters. The summed E-state index contributed by atoms with van der Waals surface area (Å²) in [6.07, 6.45) is 5.06. The molecule has 1 N–H and O–H groups in total. The van der Waals surface area contributed by atoms with Crippen molar-refractivity contribution >= 4 is 0 Å². The summed E-state index contributed by atoms with van der Waals surface area (Å²) in [6.45, 7) is 0. The maximum Gasteiger partial charge on any atom is 0.0596 e. The van der Waals surface area contributed by atoms with Gasteiger partial charge >= 0.3 is 0 Å². The zero-order valence-corrected chi connectivity index (χ0v) is 4.35. The molecule has 0 radical (unpaired) electrons. The molecular weight excluding hydrogens is 88.1 g/mol. The minimum atomic E-state index is 0.0903. The largest absolute Gasteiger partial charge is 0.393 e. The molecule has 1 spiro atoms. The zero-order chi connectivity index (χ0) is 4.91. The Kier molecular flexibility index (Phi) is 0.487. The van der Waals surface area contributed by atoms with Crippen LogP contribution in [0.1, 0.15) is 25.7 Å². The lowest BCUT2D eigenvalue weighted by molar-refractivity contribution is 0.00604. The molecule has 1 heteroatoms. The van der Waals surface area contributed by atoms with E-state index in [4.69, 9.17) is 5.11 Å². The van der Waals surface area contributed by atoms with Crippen molar-refractivity contribution < 1.29 is 5.11 Å². The number of aliphatic hydroxyl groups is 1. The smallest absolute Gasteiger partial charge is 0.0596 e. The van der Waals surface area contributed by atoms with Crippen LogP contribution in [-0.4, -0.2) is 11.2 Å². The third kappa shape index (κ3) is 0.325. The molecule has 1 nitrogen and oxygen atoms in total. The predicted octanol–water partition coefficient (Wildman–Crippen LogP) is 0.921. The summed E-state index contributed by atoms with van der Waals surface area (Å²) in [4.78, 5) is 0. The van der Waals surface area contributed by atoms with Crippen molar-refractivity contribution in [2.24, 2.45) is 5.41 Å². The van der Waals surface area contributed by atoms with E-state index in [9.17, 15) is 0 Å². The van der Waals surface area contributed by atoms with Crippen LogP contribution >= 0.6 is 0 Å². The normalized spacial score (nSPS) is 43.3. The molecule has 0 amide bonds. The highest BCUT2D eigenvalue weighted by atomic mass is 16.3. The van der Waals surface area contributed by atoms with E-state index in [2.05, 4.69) is 0 Å². The van der Waals surface area contributed by atoms with Gasteiger partial charge in [-0.05, 0) is 31.1 Å². The number of aliphatic hydroxyl groups excluding tert-OH is 1. The first-order valence-corrected chi connectivity index (χ1v) is 3.02. The van der Waals surface area contributed by atoms with Gasteiger partial charge < -0.3 is 5.11 Å². The number of rotatable bonds is 0. The Balaban J connectivity index is 2.09. The van der Waals surface area contributed by atoms with Crippen LogP contribution in [0.3, 0.4) is 0 Å². The van der Waals surface area contributed by atoms with Crippen LogP contribution < -0.4 is 0 Å². The second kappa shape index (κ2) is 0.873. The second-order valence-corrected chi connectivity index (χ2v) is 2.92. The predicted molar refractivity (Wildman–Crippen MR) is 26.9 cm³/mol. The van der Waals surface area contributed by atoms with Gasteiger partial charge in [0.1, 0.15) is 0 Å². The lowest BCUT2D eigenvalue weighted by atomic mass is 9.79. The fourth-order valence-corrected chi connectivity index (χ4v) is 1.43. The fourth-order valence-electron chi connectivity index (χ4n) is 1.43. The van der Waals surface area contributed by atoms with Crippen LogP contribution in [0, 0.1) is 5.41 Å². The molecule has 0 aliphatic heterocycles. The highest BCUT2D eigenvalue weighted by molar-refractivity contribution is 5.05. The fraction of sp³-hybridized carbons (Fsp3) is 1.00. The summed E-state index contributed by atoms with van der Waals surface area (Å²) >= 11 is 0. The van der Waals surface area contributed by atoms with Crippen molar-refractivity contribution in [3.63, 3.8) is 0 Å². The van der Waals surface area contributed by atoms with E-state index in [0.29, 0.717) is 5.41 Å². The van der Waals surface area contributed by atoms with Gasteiger partial charge in [0.2, 0.25) is 0 Å². The van der Waals surface area contributed by atoms with E-state index in [0.717, 1.165) is 6.42 Å². The van der Waals surface area contributed by atoms with Crippen LogP contribution in [0.4, 0.5) is 0 Å².